The lowest BCUT2D eigenvalue weighted by molar-refractivity contribution is 0.0407. The van der Waals surface area contributed by atoms with Crippen LogP contribution >= 0.6 is 0 Å². The lowest BCUT2D eigenvalue weighted by Gasteiger charge is -2.30. The molecule has 0 bridgehead atoms. The van der Waals surface area contributed by atoms with Gasteiger partial charge in [0.2, 0.25) is 0 Å². The highest BCUT2D eigenvalue weighted by Gasteiger charge is 2.34. The fourth-order valence-corrected chi connectivity index (χ4v) is 2.65. The van der Waals surface area contributed by atoms with Crippen LogP contribution in [-0.2, 0) is 9.47 Å². The molecule has 2 heterocycles. The fourth-order valence-electron chi connectivity index (χ4n) is 2.65. The van der Waals surface area contributed by atoms with Crippen LogP contribution in [0, 0.1) is 11.8 Å². The van der Waals surface area contributed by atoms with Gasteiger partial charge in [-0.1, -0.05) is 6.92 Å². The van der Waals surface area contributed by atoms with Crippen LogP contribution in [0.5, 0.6) is 0 Å². The van der Waals surface area contributed by atoms with E-state index in [2.05, 4.69) is 12.2 Å². The van der Waals surface area contributed by atoms with Crippen molar-refractivity contribution in [1.29, 1.82) is 0 Å². The Morgan fingerprint density at radius 2 is 1.93 bits per heavy atom. The van der Waals surface area contributed by atoms with E-state index in [1.54, 1.807) is 0 Å². The predicted octanol–water partition coefficient (Wildman–Crippen LogP) is 1.04. The second-order valence-corrected chi connectivity index (χ2v) is 4.32. The topological polar surface area (TPSA) is 30.5 Å². The van der Waals surface area contributed by atoms with Crippen molar-refractivity contribution in [2.24, 2.45) is 11.8 Å². The summed E-state index contributed by atoms with van der Waals surface area (Å²) in [7, 11) is 0. The molecule has 2 aliphatic rings. The Hall–Kier alpha value is -0.120. The summed E-state index contributed by atoms with van der Waals surface area (Å²) in [5, 5.41) is 3.53. The normalized spacial score (nSPS) is 34.9. The van der Waals surface area contributed by atoms with Gasteiger partial charge in [0.15, 0.2) is 0 Å². The van der Waals surface area contributed by atoms with Crippen LogP contribution in [0.25, 0.3) is 0 Å². The van der Waals surface area contributed by atoms with Crippen LogP contribution in [0.15, 0.2) is 0 Å². The molecule has 2 rings (SSSR count). The molecule has 0 aromatic rings. The molecule has 0 aromatic carbocycles. The van der Waals surface area contributed by atoms with E-state index in [-0.39, 0.29) is 0 Å². The van der Waals surface area contributed by atoms with E-state index < -0.39 is 0 Å². The molecule has 1 N–H and O–H groups in total. The number of hydrogen-bond acceptors (Lipinski definition) is 3. The molecule has 0 amide bonds. The maximum Gasteiger partial charge on any atom is 0.0623 e. The molecule has 0 aliphatic carbocycles. The average molecular weight is 199 g/mol. The summed E-state index contributed by atoms with van der Waals surface area (Å²) in [6.07, 6.45) is 2.44. The highest BCUT2D eigenvalue weighted by Crippen LogP contribution is 2.30. The maximum atomic E-state index is 5.57. The van der Waals surface area contributed by atoms with Crippen molar-refractivity contribution in [3.05, 3.63) is 0 Å². The van der Waals surface area contributed by atoms with E-state index in [1.165, 1.54) is 12.8 Å². The molecule has 0 spiro atoms. The quantitative estimate of drug-likeness (QED) is 0.736. The van der Waals surface area contributed by atoms with Gasteiger partial charge in [-0.3, -0.25) is 0 Å². The van der Waals surface area contributed by atoms with Crippen molar-refractivity contribution >= 4 is 0 Å². The number of nitrogens with one attached hydrogen (secondary N) is 1. The molecule has 14 heavy (non-hydrogen) atoms. The predicted molar refractivity (Wildman–Crippen MR) is 55.3 cm³/mol. The van der Waals surface area contributed by atoms with Gasteiger partial charge in [0, 0.05) is 25.2 Å². The smallest absolute Gasteiger partial charge is 0.0623 e. The zero-order valence-corrected chi connectivity index (χ0v) is 9.00. The van der Waals surface area contributed by atoms with Gasteiger partial charge in [-0.15, -0.1) is 0 Å². The lowest BCUT2D eigenvalue weighted by atomic mass is 9.83. The third-order valence-corrected chi connectivity index (χ3v) is 3.46. The Morgan fingerprint density at radius 3 is 2.64 bits per heavy atom. The van der Waals surface area contributed by atoms with Gasteiger partial charge in [-0.25, -0.2) is 0 Å². The summed E-state index contributed by atoms with van der Waals surface area (Å²) >= 11 is 0. The molecule has 2 atom stereocenters. The SMILES string of the molecule is CCNC1COCC1C1CCOCC1. The molecule has 2 fully saturated rings. The summed E-state index contributed by atoms with van der Waals surface area (Å²) in [5.74, 6) is 1.54. The molecular formula is C11H21NO2. The van der Waals surface area contributed by atoms with Gasteiger partial charge >= 0.3 is 0 Å². The monoisotopic (exact) mass is 199 g/mol. The Balaban J connectivity index is 1.87. The highest BCUT2D eigenvalue weighted by molar-refractivity contribution is 4.86. The van der Waals surface area contributed by atoms with E-state index in [1.807, 2.05) is 0 Å². The number of rotatable bonds is 3. The molecule has 2 unspecified atom stereocenters. The van der Waals surface area contributed by atoms with Crippen molar-refractivity contribution in [1.82, 2.24) is 5.32 Å². The van der Waals surface area contributed by atoms with Crippen LogP contribution in [0.2, 0.25) is 0 Å². The van der Waals surface area contributed by atoms with Crippen molar-refractivity contribution in [2.75, 3.05) is 33.0 Å². The van der Waals surface area contributed by atoms with Gasteiger partial charge in [-0.2, -0.15) is 0 Å². The zero-order valence-electron chi connectivity index (χ0n) is 9.00. The van der Waals surface area contributed by atoms with Crippen molar-refractivity contribution in [2.45, 2.75) is 25.8 Å². The first-order valence-corrected chi connectivity index (χ1v) is 5.80. The first kappa shape index (κ1) is 10.4. The second kappa shape index (κ2) is 5.10. The van der Waals surface area contributed by atoms with E-state index >= 15 is 0 Å². The summed E-state index contributed by atoms with van der Waals surface area (Å²) in [6.45, 7) is 6.95. The standard InChI is InChI=1S/C11H21NO2/c1-2-12-11-8-14-7-10(11)9-3-5-13-6-4-9/h9-12H,2-8H2,1H3. The third-order valence-electron chi connectivity index (χ3n) is 3.46. The van der Waals surface area contributed by atoms with E-state index in [0.29, 0.717) is 6.04 Å². The summed E-state index contributed by atoms with van der Waals surface area (Å²) in [4.78, 5) is 0. The largest absolute Gasteiger partial charge is 0.381 e. The zero-order chi connectivity index (χ0) is 9.80. The Labute approximate surface area is 86.2 Å². The van der Waals surface area contributed by atoms with E-state index in [4.69, 9.17) is 9.47 Å². The Bertz CT molecular complexity index is 169. The average Bonchev–Trinajstić information content (AvgIpc) is 2.68. The molecule has 0 aromatic heterocycles. The van der Waals surface area contributed by atoms with Crippen molar-refractivity contribution in [3.63, 3.8) is 0 Å². The second-order valence-electron chi connectivity index (χ2n) is 4.32. The summed E-state index contributed by atoms with van der Waals surface area (Å²) < 4.78 is 11.0. The van der Waals surface area contributed by atoms with Crippen molar-refractivity contribution < 1.29 is 9.47 Å². The van der Waals surface area contributed by atoms with Gasteiger partial charge in [0.1, 0.15) is 0 Å². The minimum absolute atomic E-state index is 0.586. The summed E-state index contributed by atoms with van der Waals surface area (Å²) in [6, 6.07) is 0.586. The minimum Gasteiger partial charge on any atom is -0.381 e. The molecule has 82 valence electrons. The number of ether oxygens (including phenoxy) is 2. The molecule has 2 saturated heterocycles. The first-order valence-electron chi connectivity index (χ1n) is 5.80. The van der Waals surface area contributed by atoms with Crippen LogP contribution < -0.4 is 5.32 Å². The number of likely N-dealkylation sites (N-methyl/N-ethyl adjacent to an activating group) is 1. The van der Waals surface area contributed by atoms with Crippen LogP contribution in [0.3, 0.4) is 0 Å². The first-order chi connectivity index (χ1) is 6.92. The van der Waals surface area contributed by atoms with Gasteiger partial charge < -0.3 is 14.8 Å². The van der Waals surface area contributed by atoms with Gasteiger partial charge in [0.25, 0.3) is 0 Å². The van der Waals surface area contributed by atoms with Crippen LogP contribution in [0.1, 0.15) is 19.8 Å². The molecule has 3 heteroatoms. The van der Waals surface area contributed by atoms with E-state index in [0.717, 1.165) is 44.8 Å². The maximum absolute atomic E-state index is 5.57. The molecule has 0 saturated carbocycles. The van der Waals surface area contributed by atoms with Gasteiger partial charge in [0.05, 0.1) is 13.2 Å². The number of hydrogen-bond donors (Lipinski definition) is 1. The Kier molecular flexibility index (Phi) is 3.79. The fraction of sp³-hybridized carbons (Fsp3) is 1.00. The van der Waals surface area contributed by atoms with E-state index in [9.17, 15) is 0 Å². The molecule has 2 aliphatic heterocycles. The third kappa shape index (κ3) is 2.27. The Morgan fingerprint density at radius 1 is 1.14 bits per heavy atom. The van der Waals surface area contributed by atoms with Gasteiger partial charge in [-0.05, 0) is 25.3 Å². The molecule has 0 radical (unpaired) electrons. The minimum atomic E-state index is 0.586. The van der Waals surface area contributed by atoms with Crippen molar-refractivity contribution in [3.8, 4) is 0 Å². The summed E-state index contributed by atoms with van der Waals surface area (Å²) in [5.41, 5.74) is 0. The lowest BCUT2D eigenvalue weighted by Crippen LogP contribution is -2.40. The molecule has 3 nitrogen and oxygen atoms in total. The van der Waals surface area contributed by atoms with Crippen LogP contribution in [-0.4, -0.2) is 39.0 Å². The highest BCUT2D eigenvalue weighted by atomic mass is 16.5. The van der Waals surface area contributed by atoms with Crippen LogP contribution in [0.4, 0.5) is 0 Å². The molecular weight excluding hydrogens is 178 g/mol.